The Morgan fingerprint density at radius 1 is 1.22 bits per heavy atom. The van der Waals surface area contributed by atoms with Gasteiger partial charge in [-0.1, -0.05) is 0 Å². The van der Waals surface area contributed by atoms with Gasteiger partial charge >= 0.3 is 0 Å². The minimum atomic E-state index is 0.0821. The van der Waals surface area contributed by atoms with E-state index in [2.05, 4.69) is 17.0 Å². The maximum absolute atomic E-state index is 12.9. The highest BCUT2D eigenvalue weighted by atomic mass is 16.2. The number of carbonyl (C=O) groups is 1. The Kier molecular flexibility index (Phi) is 3.26. The molecule has 2 aliphatic rings. The van der Waals surface area contributed by atoms with E-state index in [0.29, 0.717) is 6.54 Å². The molecule has 0 N–H and O–H groups in total. The maximum atomic E-state index is 12.9. The number of rotatable bonds is 1. The molecule has 2 aromatic heterocycles. The topological polar surface area (TPSA) is 59.2 Å². The van der Waals surface area contributed by atoms with Crippen LogP contribution in [0.4, 0.5) is 0 Å². The summed E-state index contributed by atoms with van der Waals surface area (Å²) in [6, 6.07) is 2.03. The molecule has 0 aliphatic carbocycles. The van der Waals surface area contributed by atoms with E-state index in [1.54, 1.807) is 0 Å². The van der Waals surface area contributed by atoms with Crippen LogP contribution in [0.5, 0.6) is 0 Å². The van der Waals surface area contributed by atoms with Crippen LogP contribution < -0.4 is 0 Å². The molecule has 0 aromatic carbocycles. The lowest BCUT2D eigenvalue weighted by molar-refractivity contribution is 0.0788. The van der Waals surface area contributed by atoms with Crippen LogP contribution in [-0.2, 0) is 26.6 Å². The van der Waals surface area contributed by atoms with Gasteiger partial charge in [0.25, 0.3) is 5.91 Å². The minimum Gasteiger partial charge on any atom is -0.340 e. The van der Waals surface area contributed by atoms with Crippen molar-refractivity contribution in [3.8, 4) is 0 Å². The van der Waals surface area contributed by atoms with E-state index in [-0.39, 0.29) is 11.8 Å². The summed E-state index contributed by atoms with van der Waals surface area (Å²) >= 11 is 0. The van der Waals surface area contributed by atoms with Crippen LogP contribution in [0, 0.1) is 0 Å². The molecule has 0 bridgehead atoms. The van der Waals surface area contributed by atoms with Gasteiger partial charge in [-0.25, -0.2) is 0 Å². The summed E-state index contributed by atoms with van der Waals surface area (Å²) in [6.45, 7) is 3.22. The first-order chi connectivity index (χ1) is 11.0. The largest absolute Gasteiger partial charge is 0.340 e. The van der Waals surface area contributed by atoms with Gasteiger partial charge in [0.05, 0.1) is 12.2 Å². The summed E-state index contributed by atoms with van der Waals surface area (Å²) < 4.78 is 3.83. The SMILES string of the molecule is CN1CCc2nn3c(c2C1)C(=O)N(C)CC(c1ccnn1C)C3. The Bertz CT molecular complexity index is 761. The summed E-state index contributed by atoms with van der Waals surface area (Å²) in [7, 11) is 5.93. The summed E-state index contributed by atoms with van der Waals surface area (Å²) in [5.41, 5.74) is 4.12. The van der Waals surface area contributed by atoms with Crippen molar-refractivity contribution in [3.05, 3.63) is 34.9 Å². The first kappa shape index (κ1) is 14.4. The molecule has 4 heterocycles. The third kappa shape index (κ3) is 2.26. The molecule has 2 aliphatic heterocycles. The number of amides is 1. The molecule has 0 fully saturated rings. The van der Waals surface area contributed by atoms with Crippen molar-refractivity contribution in [2.45, 2.75) is 25.4 Å². The number of aryl methyl sites for hydroxylation is 1. The van der Waals surface area contributed by atoms with E-state index < -0.39 is 0 Å². The zero-order valence-corrected chi connectivity index (χ0v) is 13.9. The summed E-state index contributed by atoms with van der Waals surface area (Å²) in [4.78, 5) is 17.0. The number of hydrogen-bond acceptors (Lipinski definition) is 4. The van der Waals surface area contributed by atoms with Gasteiger partial charge < -0.3 is 9.80 Å². The van der Waals surface area contributed by atoms with Crippen LogP contribution in [-0.4, -0.2) is 62.5 Å². The lowest BCUT2D eigenvalue weighted by Gasteiger charge is -2.23. The Hall–Kier alpha value is -2.15. The van der Waals surface area contributed by atoms with Crippen molar-refractivity contribution in [2.75, 3.05) is 27.2 Å². The molecular formula is C16H22N6O. The van der Waals surface area contributed by atoms with E-state index >= 15 is 0 Å². The zero-order valence-electron chi connectivity index (χ0n) is 13.9. The van der Waals surface area contributed by atoms with Crippen molar-refractivity contribution >= 4 is 5.91 Å². The minimum absolute atomic E-state index is 0.0821. The number of aromatic nitrogens is 4. The maximum Gasteiger partial charge on any atom is 0.272 e. The van der Waals surface area contributed by atoms with E-state index in [9.17, 15) is 4.79 Å². The van der Waals surface area contributed by atoms with Crippen molar-refractivity contribution in [1.29, 1.82) is 0 Å². The standard InChI is InChI=1S/C16H22N6O/c1-19-7-5-13-12(10-19)15-16(23)20(2)8-11(9-22(15)18-13)14-4-6-17-21(14)3/h4,6,11H,5,7-10H2,1-3H3. The number of hydrogen-bond donors (Lipinski definition) is 0. The van der Waals surface area contributed by atoms with E-state index in [1.807, 2.05) is 40.6 Å². The molecular weight excluding hydrogens is 292 g/mol. The predicted octanol–water partition coefficient (Wildman–Crippen LogP) is 0.474. The lowest BCUT2D eigenvalue weighted by atomic mass is 10.1. The molecule has 1 amide bonds. The fraction of sp³-hybridized carbons (Fsp3) is 0.562. The quantitative estimate of drug-likeness (QED) is 0.768. The molecule has 0 radical (unpaired) electrons. The Balaban J connectivity index is 1.79. The second-order valence-electron chi connectivity index (χ2n) is 6.71. The van der Waals surface area contributed by atoms with E-state index in [0.717, 1.165) is 48.7 Å². The normalized spacial score (nSPS) is 22.0. The third-order valence-electron chi connectivity index (χ3n) is 5.01. The molecule has 4 rings (SSSR count). The first-order valence-corrected chi connectivity index (χ1v) is 8.05. The van der Waals surface area contributed by atoms with Crippen LogP contribution in [0.3, 0.4) is 0 Å². The fourth-order valence-corrected chi connectivity index (χ4v) is 3.77. The van der Waals surface area contributed by atoms with Crippen LogP contribution in [0.1, 0.15) is 33.4 Å². The van der Waals surface area contributed by atoms with Crippen molar-refractivity contribution in [1.82, 2.24) is 29.4 Å². The smallest absolute Gasteiger partial charge is 0.272 e. The van der Waals surface area contributed by atoms with Crippen LogP contribution in [0.15, 0.2) is 12.3 Å². The number of likely N-dealkylation sites (N-methyl/N-ethyl adjacent to an activating group) is 2. The van der Waals surface area contributed by atoms with Gasteiger partial charge in [-0.05, 0) is 13.1 Å². The van der Waals surface area contributed by atoms with Crippen molar-refractivity contribution in [3.63, 3.8) is 0 Å². The second kappa shape index (κ2) is 5.19. The molecule has 122 valence electrons. The van der Waals surface area contributed by atoms with Gasteiger partial charge in [0.1, 0.15) is 5.69 Å². The first-order valence-electron chi connectivity index (χ1n) is 8.05. The lowest BCUT2D eigenvalue weighted by Crippen LogP contribution is -2.32. The predicted molar refractivity (Wildman–Crippen MR) is 85.2 cm³/mol. The molecule has 1 atom stereocenters. The summed E-state index contributed by atoms with van der Waals surface area (Å²) in [5, 5.41) is 9.05. The molecule has 0 saturated heterocycles. The average molecular weight is 314 g/mol. The van der Waals surface area contributed by atoms with Gasteiger partial charge in [0.15, 0.2) is 0 Å². The third-order valence-corrected chi connectivity index (χ3v) is 5.01. The monoisotopic (exact) mass is 314 g/mol. The van der Waals surface area contributed by atoms with Gasteiger partial charge in [-0.3, -0.25) is 14.2 Å². The molecule has 0 spiro atoms. The van der Waals surface area contributed by atoms with E-state index in [4.69, 9.17) is 5.10 Å². The molecule has 2 aromatic rings. The van der Waals surface area contributed by atoms with E-state index in [1.165, 1.54) is 0 Å². The van der Waals surface area contributed by atoms with Crippen molar-refractivity contribution in [2.24, 2.45) is 7.05 Å². The molecule has 1 unspecified atom stereocenters. The second-order valence-corrected chi connectivity index (χ2v) is 6.71. The van der Waals surface area contributed by atoms with Gasteiger partial charge in [-0.2, -0.15) is 10.2 Å². The van der Waals surface area contributed by atoms with Gasteiger partial charge in [-0.15, -0.1) is 0 Å². The average Bonchev–Trinajstić information content (AvgIpc) is 3.05. The summed E-state index contributed by atoms with van der Waals surface area (Å²) in [5.74, 6) is 0.288. The highest BCUT2D eigenvalue weighted by Gasteiger charge is 2.34. The highest BCUT2D eigenvalue weighted by molar-refractivity contribution is 5.94. The molecule has 7 heteroatoms. The fourth-order valence-electron chi connectivity index (χ4n) is 3.77. The van der Waals surface area contributed by atoms with Crippen LogP contribution in [0.25, 0.3) is 0 Å². The van der Waals surface area contributed by atoms with Crippen molar-refractivity contribution < 1.29 is 4.79 Å². The van der Waals surface area contributed by atoms with Gasteiger partial charge in [0.2, 0.25) is 0 Å². The highest BCUT2D eigenvalue weighted by Crippen LogP contribution is 2.29. The molecule has 23 heavy (non-hydrogen) atoms. The number of carbonyl (C=O) groups excluding carboxylic acids is 1. The molecule has 7 nitrogen and oxygen atoms in total. The van der Waals surface area contributed by atoms with Crippen LogP contribution >= 0.6 is 0 Å². The zero-order chi connectivity index (χ0) is 16.1. The number of nitrogens with zero attached hydrogens (tertiary/aromatic N) is 6. The molecule has 0 saturated carbocycles. The Labute approximate surface area is 135 Å². The Morgan fingerprint density at radius 2 is 2.04 bits per heavy atom. The van der Waals surface area contributed by atoms with Gasteiger partial charge in [0, 0.05) is 63.5 Å². The Morgan fingerprint density at radius 3 is 2.78 bits per heavy atom. The number of fused-ring (bicyclic) bond motifs is 3. The summed E-state index contributed by atoms with van der Waals surface area (Å²) in [6.07, 6.45) is 2.73. The van der Waals surface area contributed by atoms with Crippen LogP contribution in [0.2, 0.25) is 0 Å².